The lowest BCUT2D eigenvalue weighted by Gasteiger charge is -2.43. The molecule has 2 aliphatic heterocycles. The van der Waals surface area contributed by atoms with Gasteiger partial charge < -0.3 is 23.8 Å². The summed E-state index contributed by atoms with van der Waals surface area (Å²) in [5.41, 5.74) is 0.595. The number of likely N-dealkylation sites (tertiary alicyclic amines) is 1. The summed E-state index contributed by atoms with van der Waals surface area (Å²) in [7, 11) is 0. The highest BCUT2D eigenvalue weighted by Gasteiger charge is 2.42. The number of hydrogen-bond donors (Lipinski definition) is 0. The van der Waals surface area contributed by atoms with E-state index in [2.05, 4.69) is 5.16 Å². The van der Waals surface area contributed by atoms with E-state index >= 15 is 0 Å². The third-order valence-corrected chi connectivity index (χ3v) is 6.68. The van der Waals surface area contributed by atoms with Crippen molar-refractivity contribution in [1.29, 1.82) is 0 Å². The molecule has 0 spiro atoms. The number of nitrogens with zero attached hydrogens (tertiary/aromatic N) is 3. The number of hydrogen-bond acceptors (Lipinski definition) is 6. The van der Waals surface area contributed by atoms with Crippen LogP contribution in [0.15, 0.2) is 28.8 Å². The highest BCUT2D eigenvalue weighted by atomic mass is 19.1. The van der Waals surface area contributed by atoms with E-state index in [4.69, 9.17) is 14.0 Å². The predicted molar refractivity (Wildman–Crippen MR) is 122 cm³/mol. The van der Waals surface area contributed by atoms with Crippen LogP contribution in [0, 0.1) is 18.2 Å². The molecule has 1 aromatic carbocycles. The van der Waals surface area contributed by atoms with Crippen molar-refractivity contribution < 1.29 is 28.0 Å². The number of morpholine rings is 1. The van der Waals surface area contributed by atoms with Gasteiger partial charge in [0.25, 0.3) is 5.91 Å². The zero-order valence-electron chi connectivity index (χ0n) is 19.8. The molecule has 1 unspecified atom stereocenters. The van der Waals surface area contributed by atoms with Crippen molar-refractivity contribution in [3.8, 4) is 5.75 Å². The summed E-state index contributed by atoms with van der Waals surface area (Å²) < 4.78 is 30.0. The minimum Gasteiger partial charge on any atom is -0.493 e. The van der Waals surface area contributed by atoms with Gasteiger partial charge in [-0.05, 0) is 50.5 Å². The van der Waals surface area contributed by atoms with Gasteiger partial charge in [0.1, 0.15) is 22.9 Å². The second-order valence-electron chi connectivity index (χ2n) is 9.16. The van der Waals surface area contributed by atoms with Crippen LogP contribution in [0.1, 0.15) is 48.0 Å². The molecular formula is C25H32FN3O5. The third-order valence-electron chi connectivity index (χ3n) is 6.68. The van der Waals surface area contributed by atoms with Gasteiger partial charge in [-0.15, -0.1) is 0 Å². The average molecular weight is 474 g/mol. The number of aryl methyl sites for hydroxylation is 2. The third kappa shape index (κ3) is 5.41. The lowest BCUT2D eigenvalue weighted by atomic mass is 9.77. The highest BCUT2D eigenvalue weighted by Crippen LogP contribution is 2.36. The van der Waals surface area contributed by atoms with Gasteiger partial charge in [-0.2, -0.15) is 0 Å². The number of rotatable bonds is 7. The average Bonchev–Trinajstić information content (AvgIpc) is 3.24. The van der Waals surface area contributed by atoms with Gasteiger partial charge in [-0.1, -0.05) is 12.1 Å². The van der Waals surface area contributed by atoms with Crippen LogP contribution in [0.25, 0.3) is 0 Å². The molecule has 4 rings (SSSR count). The Hall–Kier alpha value is -2.94. The molecule has 1 atom stereocenters. The van der Waals surface area contributed by atoms with E-state index in [-0.39, 0.29) is 30.7 Å². The Balaban J connectivity index is 1.55. The summed E-state index contributed by atoms with van der Waals surface area (Å²) >= 11 is 0. The van der Waals surface area contributed by atoms with Gasteiger partial charge in [0.05, 0.1) is 25.5 Å². The first-order valence-electron chi connectivity index (χ1n) is 11.9. The van der Waals surface area contributed by atoms with Crippen LogP contribution in [-0.2, 0) is 16.0 Å². The van der Waals surface area contributed by atoms with E-state index in [0.717, 1.165) is 12.8 Å². The first-order chi connectivity index (χ1) is 16.4. The number of piperidine rings is 1. The fourth-order valence-electron chi connectivity index (χ4n) is 4.80. The summed E-state index contributed by atoms with van der Waals surface area (Å²) in [6.07, 6.45) is 2.36. The van der Waals surface area contributed by atoms with Crippen LogP contribution >= 0.6 is 0 Å². The predicted octanol–water partition coefficient (Wildman–Crippen LogP) is 3.23. The first kappa shape index (κ1) is 24.2. The number of halogens is 1. The molecular weight excluding hydrogens is 441 g/mol. The maximum Gasteiger partial charge on any atom is 0.259 e. The smallest absolute Gasteiger partial charge is 0.259 e. The maximum absolute atomic E-state index is 13.5. The second kappa shape index (κ2) is 10.5. The summed E-state index contributed by atoms with van der Waals surface area (Å²) in [6, 6.07) is 5.84. The normalized spacial score (nSPS) is 20.9. The Morgan fingerprint density at radius 3 is 2.59 bits per heavy atom. The highest BCUT2D eigenvalue weighted by molar-refractivity contribution is 5.96. The van der Waals surface area contributed by atoms with E-state index in [1.807, 2.05) is 11.8 Å². The Kier molecular flexibility index (Phi) is 7.50. The number of benzene rings is 1. The minimum atomic E-state index is -0.560. The van der Waals surface area contributed by atoms with Crippen LogP contribution in [0.2, 0.25) is 0 Å². The molecule has 2 aliphatic rings. The molecule has 0 radical (unpaired) electrons. The second-order valence-corrected chi connectivity index (χ2v) is 9.16. The van der Waals surface area contributed by atoms with E-state index in [9.17, 15) is 14.0 Å². The molecule has 184 valence electrons. The quantitative estimate of drug-likeness (QED) is 0.614. The Morgan fingerprint density at radius 2 is 1.88 bits per heavy atom. The summed E-state index contributed by atoms with van der Waals surface area (Å²) in [4.78, 5) is 30.3. The van der Waals surface area contributed by atoms with Crippen LogP contribution in [0.5, 0.6) is 5.75 Å². The van der Waals surface area contributed by atoms with Gasteiger partial charge in [-0.25, -0.2) is 4.39 Å². The molecule has 2 amide bonds. The van der Waals surface area contributed by atoms with Gasteiger partial charge >= 0.3 is 0 Å². The fraction of sp³-hybridized carbons (Fsp3) is 0.560. The monoisotopic (exact) mass is 473 g/mol. The molecule has 34 heavy (non-hydrogen) atoms. The standard InChI is InChI=1S/C25H32FN3O5/c1-3-21-23(18(2)34-27-21)24(31)29-10-4-9-25(16-29,15-22(30)28-11-13-32-14-12-28)17-33-20-7-5-19(26)6-8-20/h5-8H,3-4,9-17H2,1-2H3. The lowest BCUT2D eigenvalue weighted by Crippen LogP contribution is -2.52. The van der Waals surface area contributed by atoms with Crippen molar-refractivity contribution in [2.45, 2.75) is 39.5 Å². The Labute approximate surface area is 199 Å². The number of ether oxygens (including phenoxy) is 2. The van der Waals surface area contributed by atoms with Crippen molar-refractivity contribution in [1.82, 2.24) is 15.0 Å². The zero-order chi connectivity index (χ0) is 24.1. The van der Waals surface area contributed by atoms with Crippen molar-refractivity contribution in [2.24, 2.45) is 5.41 Å². The molecule has 2 aromatic rings. The van der Waals surface area contributed by atoms with Crippen molar-refractivity contribution in [3.05, 3.63) is 47.1 Å². The number of aromatic nitrogens is 1. The molecule has 1 aromatic heterocycles. The Morgan fingerprint density at radius 1 is 1.15 bits per heavy atom. The van der Waals surface area contributed by atoms with Crippen LogP contribution in [-0.4, -0.2) is 72.8 Å². The number of carbonyl (C=O) groups is 2. The molecule has 0 aliphatic carbocycles. The van der Waals surface area contributed by atoms with Gasteiger partial charge in [0.15, 0.2) is 0 Å². The minimum absolute atomic E-state index is 0.0377. The number of amides is 2. The van der Waals surface area contributed by atoms with E-state index in [1.165, 1.54) is 12.1 Å². The molecule has 0 N–H and O–H groups in total. The summed E-state index contributed by atoms with van der Waals surface area (Å²) in [5, 5.41) is 4.03. The Bertz CT molecular complexity index is 1000. The van der Waals surface area contributed by atoms with Crippen molar-refractivity contribution >= 4 is 11.8 Å². The molecule has 2 fully saturated rings. The molecule has 3 heterocycles. The van der Waals surface area contributed by atoms with E-state index < -0.39 is 5.41 Å². The van der Waals surface area contributed by atoms with E-state index in [1.54, 1.807) is 24.0 Å². The molecule has 0 bridgehead atoms. The summed E-state index contributed by atoms with van der Waals surface area (Å²) in [6.45, 7) is 7.10. The van der Waals surface area contributed by atoms with Gasteiger partial charge in [0.2, 0.25) is 5.91 Å². The van der Waals surface area contributed by atoms with Crippen LogP contribution in [0.4, 0.5) is 4.39 Å². The molecule has 0 saturated carbocycles. The SMILES string of the molecule is CCc1noc(C)c1C(=O)N1CCCC(COc2ccc(F)cc2)(CC(=O)N2CCOCC2)C1. The molecule has 2 saturated heterocycles. The molecule has 9 heteroatoms. The molecule has 8 nitrogen and oxygen atoms in total. The van der Waals surface area contributed by atoms with Crippen LogP contribution < -0.4 is 4.74 Å². The largest absolute Gasteiger partial charge is 0.493 e. The lowest BCUT2D eigenvalue weighted by molar-refractivity contribution is -0.139. The fourth-order valence-corrected chi connectivity index (χ4v) is 4.80. The first-order valence-corrected chi connectivity index (χ1v) is 11.9. The van der Waals surface area contributed by atoms with Gasteiger partial charge in [0, 0.05) is 38.0 Å². The maximum atomic E-state index is 13.5. The van der Waals surface area contributed by atoms with Gasteiger partial charge in [-0.3, -0.25) is 9.59 Å². The van der Waals surface area contributed by atoms with Crippen molar-refractivity contribution in [2.75, 3.05) is 46.0 Å². The summed E-state index contributed by atoms with van der Waals surface area (Å²) in [5.74, 6) is 0.613. The number of carbonyl (C=O) groups excluding carboxylic acids is 2. The zero-order valence-corrected chi connectivity index (χ0v) is 19.8. The topological polar surface area (TPSA) is 85.1 Å². The van der Waals surface area contributed by atoms with Crippen molar-refractivity contribution in [3.63, 3.8) is 0 Å². The van der Waals surface area contributed by atoms with E-state index in [0.29, 0.717) is 68.6 Å². The van der Waals surface area contributed by atoms with Crippen LogP contribution in [0.3, 0.4) is 0 Å².